The molecule has 0 aliphatic heterocycles. The number of anilines is 3. The Balaban J connectivity index is 1.18. The molecule has 0 fully saturated rings. The number of hydrogen-bond acceptors (Lipinski definition) is 2. The second kappa shape index (κ2) is 11.8. The van der Waals surface area contributed by atoms with Gasteiger partial charge in [-0.2, -0.15) is 0 Å². The maximum atomic E-state index is 6.58. The fourth-order valence-electron chi connectivity index (χ4n) is 6.84. The van der Waals surface area contributed by atoms with Crippen molar-refractivity contribution in [2.45, 2.75) is 0 Å². The molecule has 0 aliphatic rings. The van der Waals surface area contributed by atoms with E-state index in [2.05, 4.69) is 181 Å². The summed E-state index contributed by atoms with van der Waals surface area (Å²) in [5, 5.41) is 4.70. The van der Waals surface area contributed by atoms with Gasteiger partial charge in [-0.1, -0.05) is 140 Å². The molecule has 9 aromatic rings. The van der Waals surface area contributed by atoms with Crippen LogP contribution < -0.4 is 4.90 Å². The zero-order valence-corrected chi connectivity index (χ0v) is 26.3. The van der Waals surface area contributed by atoms with Gasteiger partial charge in [0.1, 0.15) is 5.58 Å². The van der Waals surface area contributed by atoms with Crippen molar-refractivity contribution in [3.05, 3.63) is 188 Å². The largest absolute Gasteiger partial charge is 0.454 e. The average molecular weight is 614 g/mol. The van der Waals surface area contributed by atoms with Crippen molar-refractivity contribution in [3.63, 3.8) is 0 Å². The molecule has 1 aromatic heterocycles. The summed E-state index contributed by atoms with van der Waals surface area (Å²) in [5.74, 6) is 0. The van der Waals surface area contributed by atoms with Gasteiger partial charge in [0, 0.05) is 22.1 Å². The lowest BCUT2D eigenvalue weighted by atomic mass is 9.98. The molecule has 48 heavy (non-hydrogen) atoms. The predicted octanol–water partition coefficient (Wildman–Crippen LogP) is 13.2. The smallest absolute Gasteiger partial charge is 0.159 e. The van der Waals surface area contributed by atoms with Crippen LogP contribution in [0.3, 0.4) is 0 Å². The van der Waals surface area contributed by atoms with E-state index in [0.29, 0.717) is 0 Å². The minimum absolute atomic E-state index is 0.870. The number of benzene rings is 8. The van der Waals surface area contributed by atoms with Crippen LogP contribution in [-0.2, 0) is 0 Å². The number of furan rings is 1. The molecule has 0 atom stereocenters. The highest BCUT2D eigenvalue weighted by molar-refractivity contribution is 6.10. The fourth-order valence-corrected chi connectivity index (χ4v) is 6.84. The molecule has 9 rings (SSSR count). The van der Waals surface area contributed by atoms with E-state index in [-0.39, 0.29) is 0 Å². The van der Waals surface area contributed by atoms with Crippen molar-refractivity contribution in [1.29, 1.82) is 0 Å². The molecule has 1 heterocycles. The molecule has 0 aliphatic carbocycles. The zero-order chi connectivity index (χ0) is 31.9. The van der Waals surface area contributed by atoms with Crippen molar-refractivity contribution in [1.82, 2.24) is 0 Å². The number of hydrogen-bond donors (Lipinski definition) is 0. The Morgan fingerprint density at radius 2 is 0.917 bits per heavy atom. The number of rotatable bonds is 6. The zero-order valence-electron chi connectivity index (χ0n) is 26.3. The second-order valence-corrected chi connectivity index (χ2v) is 12.2. The third-order valence-corrected chi connectivity index (χ3v) is 9.24. The fraction of sp³-hybridized carbons (Fsp3) is 0. The molecule has 226 valence electrons. The Hall–Kier alpha value is -6.38. The summed E-state index contributed by atoms with van der Waals surface area (Å²) in [5.41, 5.74) is 12.0. The Morgan fingerprint density at radius 1 is 0.333 bits per heavy atom. The van der Waals surface area contributed by atoms with Gasteiger partial charge in [0.05, 0.1) is 5.69 Å². The summed E-state index contributed by atoms with van der Waals surface area (Å²) in [6.07, 6.45) is 0. The first-order valence-electron chi connectivity index (χ1n) is 16.3. The van der Waals surface area contributed by atoms with E-state index in [1.807, 2.05) is 12.1 Å². The third-order valence-electron chi connectivity index (χ3n) is 9.24. The van der Waals surface area contributed by atoms with E-state index in [1.165, 1.54) is 38.6 Å². The van der Waals surface area contributed by atoms with E-state index in [9.17, 15) is 0 Å². The van der Waals surface area contributed by atoms with E-state index in [1.54, 1.807) is 0 Å². The first-order chi connectivity index (χ1) is 23.8. The van der Waals surface area contributed by atoms with Gasteiger partial charge in [0.25, 0.3) is 0 Å². The minimum Gasteiger partial charge on any atom is -0.454 e. The van der Waals surface area contributed by atoms with Gasteiger partial charge in [-0.15, -0.1) is 0 Å². The Kier molecular flexibility index (Phi) is 6.84. The topological polar surface area (TPSA) is 16.4 Å². The summed E-state index contributed by atoms with van der Waals surface area (Å²) < 4.78 is 6.58. The van der Waals surface area contributed by atoms with Gasteiger partial charge in [0.2, 0.25) is 0 Å². The van der Waals surface area contributed by atoms with Crippen LogP contribution in [0.15, 0.2) is 192 Å². The Bertz CT molecular complexity index is 2560. The van der Waals surface area contributed by atoms with Crippen LogP contribution in [0.2, 0.25) is 0 Å². The molecule has 0 unspecified atom stereocenters. The maximum absolute atomic E-state index is 6.58. The van der Waals surface area contributed by atoms with E-state index < -0.39 is 0 Å². The van der Waals surface area contributed by atoms with Gasteiger partial charge in [0.15, 0.2) is 5.58 Å². The van der Waals surface area contributed by atoms with E-state index in [0.717, 1.165) is 44.6 Å². The van der Waals surface area contributed by atoms with Crippen molar-refractivity contribution in [2.75, 3.05) is 4.90 Å². The standard InChI is InChI=1S/C46H31NO/c1-2-11-32(12-3-1)36-15-8-16-37(29-36)34-25-27-40(28-26-34)47(44-21-10-20-43-42-19-6-7-22-45(42)48-46(43)44)41-18-9-17-38(31-41)39-24-23-33-13-4-5-14-35(33)30-39/h1-31H. The average Bonchev–Trinajstić information content (AvgIpc) is 3.55. The van der Waals surface area contributed by atoms with E-state index >= 15 is 0 Å². The van der Waals surface area contributed by atoms with Gasteiger partial charge in [-0.25, -0.2) is 0 Å². The summed E-state index contributed by atoms with van der Waals surface area (Å²) in [6.45, 7) is 0. The van der Waals surface area contributed by atoms with Gasteiger partial charge >= 0.3 is 0 Å². The van der Waals surface area contributed by atoms with Gasteiger partial charge < -0.3 is 9.32 Å². The summed E-state index contributed by atoms with van der Waals surface area (Å²) in [7, 11) is 0. The molecule has 8 aromatic carbocycles. The van der Waals surface area contributed by atoms with E-state index in [4.69, 9.17) is 4.42 Å². The lowest BCUT2D eigenvalue weighted by Crippen LogP contribution is -2.10. The van der Waals surface area contributed by atoms with Crippen molar-refractivity contribution in [2.24, 2.45) is 0 Å². The summed E-state index contributed by atoms with van der Waals surface area (Å²) in [4.78, 5) is 2.32. The summed E-state index contributed by atoms with van der Waals surface area (Å²) in [6, 6.07) is 66.9. The van der Waals surface area contributed by atoms with Crippen LogP contribution in [0.25, 0.3) is 66.1 Å². The first kappa shape index (κ1) is 27.9. The Morgan fingerprint density at radius 3 is 1.75 bits per heavy atom. The van der Waals surface area contributed by atoms with Crippen LogP contribution >= 0.6 is 0 Å². The SMILES string of the molecule is c1ccc(-c2cccc(-c3ccc(N(c4cccc(-c5ccc6ccccc6c5)c4)c4cccc5c4oc4ccccc45)cc3)c2)cc1. The molecule has 0 radical (unpaired) electrons. The minimum atomic E-state index is 0.870. The molecule has 0 bridgehead atoms. The highest BCUT2D eigenvalue weighted by Crippen LogP contribution is 2.43. The maximum Gasteiger partial charge on any atom is 0.159 e. The molecule has 0 spiro atoms. The second-order valence-electron chi connectivity index (χ2n) is 12.2. The van der Waals surface area contributed by atoms with Crippen LogP contribution in [0.4, 0.5) is 17.1 Å². The lowest BCUT2D eigenvalue weighted by Gasteiger charge is -2.26. The monoisotopic (exact) mass is 613 g/mol. The van der Waals surface area contributed by atoms with Gasteiger partial charge in [-0.05, 0) is 92.7 Å². The molecule has 0 N–H and O–H groups in total. The molecule has 0 saturated carbocycles. The first-order valence-corrected chi connectivity index (χ1v) is 16.3. The highest BCUT2D eigenvalue weighted by atomic mass is 16.3. The molecule has 0 amide bonds. The van der Waals surface area contributed by atoms with Gasteiger partial charge in [-0.3, -0.25) is 0 Å². The van der Waals surface area contributed by atoms with Crippen molar-refractivity contribution >= 4 is 49.8 Å². The number of nitrogens with zero attached hydrogens (tertiary/aromatic N) is 1. The molecule has 2 nitrogen and oxygen atoms in total. The number of para-hydroxylation sites is 2. The third kappa shape index (κ3) is 5.01. The van der Waals surface area contributed by atoms with Crippen LogP contribution in [0.1, 0.15) is 0 Å². The van der Waals surface area contributed by atoms with Crippen LogP contribution in [0, 0.1) is 0 Å². The van der Waals surface area contributed by atoms with Crippen LogP contribution in [0.5, 0.6) is 0 Å². The number of fused-ring (bicyclic) bond motifs is 4. The highest BCUT2D eigenvalue weighted by Gasteiger charge is 2.20. The molecule has 0 saturated heterocycles. The molecule has 2 heteroatoms. The molecular formula is C46H31NO. The van der Waals surface area contributed by atoms with Crippen molar-refractivity contribution < 1.29 is 4.42 Å². The normalized spacial score (nSPS) is 11.3. The van der Waals surface area contributed by atoms with Crippen molar-refractivity contribution in [3.8, 4) is 33.4 Å². The predicted molar refractivity (Wildman–Crippen MR) is 202 cm³/mol. The lowest BCUT2D eigenvalue weighted by molar-refractivity contribution is 0.669. The Labute approximate surface area is 279 Å². The molecular weight excluding hydrogens is 583 g/mol. The quantitative estimate of drug-likeness (QED) is 0.185. The summed E-state index contributed by atoms with van der Waals surface area (Å²) >= 11 is 0. The van der Waals surface area contributed by atoms with Crippen LogP contribution in [-0.4, -0.2) is 0 Å².